The fourth-order valence-electron chi connectivity index (χ4n) is 2.52. The van der Waals surface area contributed by atoms with Crippen LogP contribution in [0.1, 0.15) is 11.3 Å². The molecule has 0 amide bonds. The molecular weight excluding hydrogens is 330 g/mol. The van der Waals surface area contributed by atoms with Gasteiger partial charge in [-0.15, -0.1) is 0 Å². The number of nitrogens with two attached hydrogens (primary N) is 1. The van der Waals surface area contributed by atoms with E-state index >= 15 is 0 Å². The number of benzene rings is 2. The van der Waals surface area contributed by atoms with Crippen LogP contribution in [0, 0.1) is 6.92 Å². The molecule has 4 nitrogen and oxygen atoms in total. The van der Waals surface area contributed by atoms with Crippen molar-refractivity contribution in [1.29, 1.82) is 0 Å². The first-order valence-electron chi connectivity index (χ1n) is 6.65. The predicted molar refractivity (Wildman–Crippen MR) is 88.7 cm³/mol. The second-order valence-electron chi connectivity index (χ2n) is 4.91. The molecule has 1 heterocycles. The Kier molecular flexibility index (Phi) is 3.59. The van der Waals surface area contributed by atoms with Gasteiger partial charge in [0.2, 0.25) is 0 Å². The fraction of sp³-hybridized carbons (Fsp3) is 0.188. The van der Waals surface area contributed by atoms with Gasteiger partial charge in [-0.3, -0.25) is 0 Å². The number of anilines is 1. The van der Waals surface area contributed by atoms with Gasteiger partial charge in [-0.05, 0) is 39.7 Å². The zero-order chi connectivity index (χ0) is 15.0. The quantitative estimate of drug-likeness (QED) is 0.786. The number of aromatic nitrogens is 2. The molecule has 1 aromatic heterocycles. The van der Waals surface area contributed by atoms with E-state index in [-0.39, 0.29) is 0 Å². The molecule has 3 rings (SSSR count). The minimum absolute atomic E-state index is 0.572. The van der Waals surface area contributed by atoms with Crippen LogP contribution in [-0.2, 0) is 6.54 Å². The molecule has 0 bridgehead atoms. The highest BCUT2D eigenvalue weighted by Crippen LogP contribution is 2.31. The molecule has 0 atom stereocenters. The second kappa shape index (κ2) is 5.41. The lowest BCUT2D eigenvalue weighted by Crippen LogP contribution is -2.07. The highest BCUT2D eigenvalue weighted by Gasteiger charge is 2.14. The van der Waals surface area contributed by atoms with E-state index in [1.807, 2.05) is 25.1 Å². The van der Waals surface area contributed by atoms with Crippen LogP contribution < -0.4 is 10.5 Å². The molecule has 2 N–H and O–H groups in total. The molecule has 0 saturated heterocycles. The van der Waals surface area contributed by atoms with Crippen LogP contribution in [-0.4, -0.2) is 16.9 Å². The lowest BCUT2D eigenvalue weighted by Gasteiger charge is -2.13. The lowest BCUT2D eigenvalue weighted by atomic mass is 10.0. The summed E-state index contributed by atoms with van der Waals surface area (Å²) in [5.41, 5.74) is 8.06. The monoisotopic (exact) mass is 345 g/mol. The molecule has 0 spiro atoms. The van der Waals surface area contributed by atoms with Crippen molar-refractivity contribution in [3.05, 3.63) is 52.1 Å². The van der Waals surface area contributed by atoms with Gasteiger partial charge in [0.25, 0.3) is 0 Å². The molecule has 0 unspecified atom stereocenters. The summed E-state index contributed by atoms with van der Waals surface area (Å²) >= 11 is 3.46. The standard InChI is InChI=1S/C16H16BrN3O/c1-10-15(17)16(18)20(19-10)9-13-12-6-4-3-5-11(12)7-8-14(13)21-2/h3-8H,9,18H2,1-2H3. The Labute approximate surface area is 131 Å². The molecule has 0 saturated carbocycles. The molecule has 3 aromatic rings. The fourth-order valence-corrected chi connectivity index (χ4v) is 2.80. The summed E-state index contributed by atoms with van der Waals surface area (Å²) < 4.78 is 8.15. The first kappa shape index (κ1) is 13.9. The normalized spacial score (nSPS) is 11.0. The number of rotatable bonds is 3. The summed E-state index contributed by atoms with van der Waals surface area (Å²) in [4.78, 5) is 0. The third-order valence-corrected chi connectivity index (χ3v) is 4.60. The van der Waals surface area contributed by atoms with Gasteiger partial charge in [0.15, 0.2) is 0 Å². The SMILES string of the molecule is COc1ccc2ccccc2c1Cn1nc(C)c(Br)c1N. The van der Waals surface area contributed by atoms with Crippen molar-refractivity contribution < 1.29 is 4.74 Å². The maximum absolute atomic E-state index is 6.10. The molecular formula is C16H16BrN3O. The first-order chi connectivity index (χ1) is 10.1. The van der Waals surface area contributed by atoms with Crippen LogP contribution in [0.5, 0.6) is 5.75 Å². The minimum Gasteiger partial charge on any atom is -0.496 e. The van der Waals surface area contributed by atoms with Gasteiger partial charge < -0.3 is 10.5 Å². The van der Waals surface area contributed by atoms with Gasteiger partial charge in [-0.2, -0.15) is 5.10 Å². The van der Waals surface area contributed by atoms with Gasteiger partial charge in [-0.1, -0.05) is 30.3 Å². The van der Waals surface area contributed by atoms with E-state index in [9.17, 15) is 0 Å². The van der Waals surface area contributed by atoms with Crippen molar-refractivity contribution >= 4 is 32.5 Å². The summed E-state index contributed by atoms with van der Waals surface area (Å²) in [7, 11) is 1.68. The topological polar surface area (TPSA) is 53.1 Å². The molecule has 2 aromatic carbocycles. The van der Waals surface area contributed by atoms with Crippen molar-refractivity contribution in [2.75, 3.05) is 12.8 Å². The zero-order valence-corrected chi connectivity index (χ0v) is 13.5. The molecule has 5 heteroatoms. The van der Waals surface area contributed by atoms with E-state index in [1.165, 1.54) is 5.39 Å². The molecule has 0 aliphatic heterocycles. The van der Waals surface area contributed by atoms with Crippen molar-refractivity contribution in [3.8, 4) is 5.75 Å². The van der Waals surface area contributed by atoms with Gasteiger partial charge >= 0.3 is 0 Å². The van der Waals surface area contributed by atoms with Gasteiger partial charge in [0, 0.05) is 5.56 Å². The molecule has 0 radical (unpaired) electrons. The Bertz CT molecular complexity index is 811. The molecule has 0 aliphatic rings. The van der Waals surface area contributed by atoms with Gasteiger partial charge in [0.05, 0.1) is 23.8 Å². The Morgan fingerprint density at radius 1 is 1.24 bits per heavy atom. The summed E-state index contributed by atoms with van der Waals surface area (Å²) in [6.07, 6.45) is 0. The number of ether oxygens (including phenoxy) is 1. The van der Waals surface area contributed by atoms with E-state index in [1.54, 1.807) is 11.8 Å². The smallest absolute Gasteiger partial charge is 0.136 e. The average Bonchev–Trinajstić information content (AvgIpc) is 2.75. The highest BCUT2D eigenvalue weighted by molar-refractivity contribution is 9.10. The molecule has 21 heavy (non-hydrogen) atoms. The number of methoxy groups -OCH3 is 1. The van der Waals surface area contributed by atoms with Gasteiger partial charge in [0.1, 0.15) is 11.6 Å². The number of hydrogen-bond acceptors (Lipinski definition) is 3. The number of nitrogen functional groups attached to an aromatic ring is 1. The van der Waals surface area contributed by atoms with Crippen LogP contribution >= 0.6 is 15.9 Å². The number of halogens is 1. The zero-order valence-electron chi connectivity index (χ0n) is 11.9. The van der Waals surface area contributed by atoms with E-state index in [0.717, 1.165) is 26.9 Å². The van der Waals surface area contributed by atoms with Gasteiger partial charge in [-0.25, -0.2) is 4.68 Å². The largest absolute Gasteiger partial charge is 0.496 e. The maximum atomic E-state index is 6.10. The Morgan fingerprint density at radius 3 is 2.67 bits per heavy atom. The Hall–Kier alpha value is -2.01. The lowest BCUT2D eigenvalue weighted by molar-refractivity contribution is 0.408. The molecule has 108 valence electrons. The van der Waals surface area contributed by atoms with Crippen LogP contribution in [0.3, 0.4) is 0 Å². The summed E-state index contributed by atoms with van der Waals surface area (Å²) in [6, 6.07) is 12.3. The van der Waals surface area contributed by atoms with Crippen molar-refractivity contribution in [1.82, 2.24) is 9.78 Å². The third-order valence-electron chi connectivity index (χ3n) is 3.62. The Balaban J connectivity index is 2.16. The summed E-state index contributed by atoms with van der Waals surface area (Å²) in [6.45, 7) is 2.50. The summed E-state index contributed by atoms with van der Waals surface area (Å²) in [5, 5.41) is 6.81. The number of fused-ring (bicyclic) bond motifs is 1. The Morgan fingerprint density at radius 2 is 2.00 bits per heavy atom. The van der Waals surface area contributed by atoms with Crippen LogP contribution in [0.2, 0.25) is 0 Å². The highest BCUT2D eigenvalue weighted by atomic mass is 79.9. The van der Waals surface area contributed by atoms with E-state index in [2.05, 4.69) is 39.2 Å². The minimum atomic E-state index is 0.572. The number of hydrogen-bond donors (Lipinski definition) is 1. The van der Waals surface area contributed by atoms with Crippen LogP contribution in [0.15, 0.2) is 40.9 Å². The summed E-state index contributed by atoms with van der Waals surface area (Å²) in [5.74, 6) is 1.47. The van der Waals surface area contributed by atoms with Crippen LogP contribution in [0.25, 0.3) is 10.8 Å². The predicted octanol–water partition coefficient (Wildman–Crippen LogP) is 3.75. The maximum Gasteiger partial charge on any atom is 0.136 e. The number of aryl methyl sites for hydroxylation is 1. The van der Waals surface area contributed by atoms with Crippen LogP contribution in [0.4, 0.5) is 5.82 Å². The molecule has 0 aliphatic carbocycles. The average molecular weight is 346 g/mol. The number of nitrogens with zero attached hydrogens (tertiary/aromatic N) is 2. The third kappa shape index (κ3) is 2.38. The second-order valence-corrected chi connectivity index (χ2v) is 5.70. The molecule has 0 fully saturated rings. The van der Waals surface area contributed by atoms with Crippen molar-refractivity contribution in [3.63, 3.8) is 0 Å². The van der Waals surface area contributed by atoms with E-state index in [4.69, 9.17) is 10.5 Å². The first-order valence-corrected chi connectivity index (χ1v) is 7.44. The van der Waals surface area contributed by atoms with E-state index in [0.29, 0.717) is 12.4 Å². The van der Waals surface area contributed by atoms with E-state index < -0.39 is 0 Å². The van der Waals surface area contributed by atoms with Crippen molar-refractivity contribution in [2.45, 2.75) is 13.5 Å². The van der Waals surface area contributed by atoms with Crippen molar-refractivity contribution in [2.24, 2.45) is 0 Å².